The predicted molar refractivity (Wildman–Crippen MR) is 101 cm³/mol. The van der Waals surface area contributed by atoms with Crippen LogP contribution >= 0.6 is 11.6 Å². The number of halogens is 1. The van der Waals surface area contributed by atoms with Crippen molar-refractivity contribution in [2.24, 2.45) is 0 Å². The van der Waals surface area contributed by atoms with E-state index in [2.05, 4.69) is 9.97 Å². The molecule has 0 unspecified atom stereocenters. The Bertz CT molecular complexity index is 893. The highest BCUT2D eigenvalue weighted by Gasteiger charge is 2.17. The highest BCUT2D eigenvalue weighted by atomic mass is 35.5. The summed E-state index contributed by atoms with van der Waals surface area (Å²) >= 11 is 6.03. The minimum absolute atomic E-state index is 0.129. The summed E-state index contributed by atoms with van der Waals surface area (Å²) in [6, 6.07) is 13.3. The number of hydrogen-bond acceptors (Lipinski definition) is 2. The zero-order valence-electron chi connectivity index (χ0n) is 14.0. The zero-order valence-corrected chi connectivity index (χ0v) is 14.7. The first kappa shape index (κ1) is 16.2. The van der Waals surface area contributed by atoms with Gasteiger partial charge in [0.2, 0.25) is 0 Å². The number of aromatic amines is 1. The monoisotopic (exact) mass is 353 g/mol. The molecular formula is C20H20ClN3O. The summed E-state index contributed by atoms with van der Waals surface area (Å²) in [6.45, 7) is 1.73. The number of H-pyrrole nitrogens is 1. The standard InChI is InChI=1S/C20H20ClN3O/c21-16-9-10-17-18(13-16)23-19(22-17)14-5-7-15(8-6-14)20(25)24-11-3-1-2-4-12-24/h5-10,13H,1-4,11-12H2,(H,22,23). The number of rotatable bonds is 2. The normalized spacial score (nSPS) is 15.3. The third-order valence-corrected chi connectivity index (χ3v) is 4.98. The highest BCUT2D eigenvalue weighted by molar-refractivity contribution is 6.31. The van der Waals surface area contributed by atoms with Gasteiger partial charge < -0.3 is 9.88 Å². The molecule has 0 aliphatic carbocycles. The van der Waals surface area contributed by atoms with Crippen molar-refractivity contribution in [1.29, 1.82) is 0 Å². The van der Waals surface area contributed by atoms with Crippen molar-refractivity contribution in [3.8, 4) is 11.4 Å². The average molecular weight is 354 g/mol. The van der Waals surface area contributed by atoms with Crippen molar-refractivity contribution in [3.05, 3.63) is 53.1 Å². The van der Waals surface area contributed by atoms with Crippen LogP contribution in [0.15, 0.2) is 42.5 Å². The van der Waals surface area contributed by atoms with Gasteiger partial charge in [-0.05, 0) is 43.2 Å². The molecule has 2 aromatic carbocycles. The second kappa shape index (κ2) is 6.89. The SMILES string of the molecule is O=C(c1ccc(-c2nc3ccc(Cl)cc3[nH]2)cc1)N1CCCCCC1. The van der Waals surface area contributed by atoms with E-state index in [1.165, 1.54) is 12.8 Å². The molecule has 2 heterocycles. The molecule has 5 heteroatoms. The van der Waals surface area contributed by atoms with Crippen LogP contribution in [0.25, 0.3) is 22.4 Å². The van der Waals surface area contributed by atoms with Gasteiger partial charge in [-0.15, -0.1) is 0 Å². The van der Waals surface area contributed by atoms with Gasteiger partial charge in [0.1, 0.15) is 5.82 Å². The van der Waals surface area contributed by atoms with Crippen LogP contribution in [0.5, 0.6) is 0 Å². The highest BCUT2D eigenvalue weighted by Crippen LogP contribution is 2.23. The Morgan fingerprint density at radius 3 is 2.44 bits per heavy atom. The van der Waals surface area contributed by atoms with Gasteiger partial charge >= 0.3 is 0 Å². The molecule has 128 valence electrons. The third-order valence-electron chi connectivity index (χ3n) is 4.74. The van der Waals surface area contributed by atoms with E-state index in [0.717, 1.165) is 53.9 Å². The summed E-state index contributed by atoms with van der Waals surface area (Å²) in [5.74, 6) is 0.913. The van der Waals surface area contributed by atoms with E-state index in [1.54, 1.807) is 0 Å². The maximum atomic E-state index is 12.7. The summed E-state index contributed by atoms with van der Waals surface area (Å²) in [7, 11) is 0. The number of nitrogens with one attached hydrogen (secondary N) is 1. The number of amides is 1. The summed E-state index contributed by atoms with van der Waals surface area (Å²) in [6.07, 6.45) is 4.65. The number of carbonyl (C=O) groups is 1. The first-order chi connectivity index (χ1) is 12.2. The molecule has 1 fully saturated rings. The van der Waals surface area contributed by atoms with Crippen LogP contribution in [0.2, 0.25) is 5.02 Å². The van der Waals surface area contributed by atoms with Crippen molar-refractivity contribution in [1.82, 2.24) is 14.9 Å². The Morgan fingerprint density at radius 1 is 1.00 bits per heavy atom. The smallest absolute Gasteiger partial charge is 0.253 e. The molecule has 0 bridgehead atoms. The minimum Gasteiger partial charge on any atom is -0.339 e. The summed E-state index contributed by atoms with van der Waals surface area (Å²) in [5.41, 5.74) is 3.49. The molecule has 3 aromatic rings. The number of hydrogen-bond donors (Lipinski definition) is 1. The topological polar surface area (TPSA) is 49.0 Å². The van der Waals surface area contributed by atoms with E-state index in [0.29, 0.717) is 5.02 Å². The molecule has 1 aromatic heterocycles. The molecule has 0 radical (unpaired) electrons. The number of likely N-dealkylation sites (tertiary alicyclic amines) is 1. The maximum Gasteiger partial charge on any atom is 0.253 e. The van der Waals surface area contributed by atoms with Gasteiger partial charge in [-0.3, -0.25) is 4.79 Å². The van der Waals surface area contributed by atoms with Crippen LogP contribution < -0.4 is 0 Å². The number of nitrogens with zero attached hydrogens (tertiary/aromatic N) is 2. The molecule has 4 rings (SSSR count). The molecule has 25 heavy (non-hydrogen) atoms. The van der Waals surface area contributed by atoms with Crippen LogP contribution in [0.1, 0.15) is 36.0 Å². The van der Waals surface area contributed by atoms with Gasteiger partial charge in [0.15, 0.2) is 0 Å². The largest absolute Gasteiger partial charge is 0.339 e. The molecule has 4 nitrogen and oxygen atoms in total. The first-order valence-corrected chi connectivity index (χ1v) is 9.13. The van der Waals surface area contributed by atoms with Gasteiger partial charge in [-0.25, -0.2) is 4.98 Å². The fourth-order valence-electron chi connectivity index (χ4n) is 3.35. The summed E-state index contributed by atoms with van der Waals surface area (Å²) < 4.78 is 0. The molecule has 1 amide bonds. The van der Waals surface area contributed by atoms with Gasteiger partial charge in [-0.1, -0.05) is 36.6 Å². The Kier molecular flexibility index (Phi) is 4.45. The number of carbonyl (C=O) groups excluding carboxylic acids is 1. The second-order valence-corrected chi connectivity index (χ2v) is 6.97. The predicted octanol–water partition coefficient (Wildman–Crippen LogP) is 4.90. The van der Waals surface area contributed by atoms with Crippen LogP contribution in [-0.4, -0.2) is 33.9 Å². The Labute approximate surface area is 151 Å². The van der Waals surface area contributed by atoms with Crippen LogP contribution in [-0.2, 0) is 0 Å². The van der Waals surface area contributed by atoms with Gasteiger partial charge in [-0.2, -0.15) is 0 Å². The lowest BCUT2D eigenvalue weighted by atomic mass is 10.1. The molecule has 1 aliphatic rings. The Balaban J connectivity index is 1.57. The van der Waals surface area contributed by atoms with Crippen LogP contribution in [0, 0.1) is 0 Å². The summed E-state index contributed by atoms with van der Waals surface area (Å²) in [4.78, 5) is 22.5. The summed E-state index contributed by atoms with van der Waals surface area (Å²) in [5, 5.41) is 0.682. The molecule has 0 spiro atoms. The van der Waals surface area contributed by atoms with Crippen molar-refractivity contribution in [3.63, 3.8) is 0 Å². The van der Waals surface area contributed by atoms with E-state index in [4.69, 9.17) is 11.6 Å². The van der Waals surface area contributed by atoms with Gasteiger partial charge in [0.05, 0.1) is 11.0 Å². The molecule has 0 atom stereocenters. The number of fused-ring (bicyclic) bond motifs is 1. The molecular weight excluding hydrogens is 334 g/mol. The van der Waals surface area contributed by atoms with Crippen molar-refractivity contribution in [2.75, 3.05) is 13.1 Å². The lowest BCUT2D eigenvalue weighted by Gasteiger charge is -2.20. The van der Waals surface area contributed by atoms with Crippen LogP contribution in [0.3, 0.4) is 0 Å². The Morgan fingerprint density at radius 2 is 1.72 bits per heavy atom. The van der Waals surface area contributed by atoms with E-state index in [9.17, 15) is 4.79 Å². The van der Waals surface area contributed by atoms with E-state index >= 15 is 0 Å². The molecule has 1 saturated heterocycles. The van der Waals surface area contributed by atoms with E-state index in [1.807, 2.05) is 47.4 Å². The molecule has 1 N–H and O–H groups in total. The average Bonchev–Trinajstić information content (AvgIpc) is 2.86. The molecule has 1 aliphatic heterocycles. The number of imidazole rings is 1. The van der Waals surface area contributed by atoms with Gasteiger partial charge in [0.25, 0.3) is 5.91 Å². The lowest BCUT2D eigenvalue weighted by Crippen LogP contribution is -2.31. The number of aromatic nitrogens is 2. The second-order valence-electron chi connectivity index (χ2n) is 6.53. The van der Waals surface area contributed by atoms with E-state index < -0.39 is 0 Å². The van der Waals surface area contributed by atoms with Gasteiger partial charge in [0, 0.05) is 29.2 Å². The zero-order chi connectivity index (χ0) is 17.2. The fourth-order valence-corrected chi connectivity index (χ4v) is 3.52. The van der Waals surface area contributed by atoms with Crippen molar-refractivity contribution >= 4 is 28.5 Å². The minimum atomic E-state index is 0.129. The van der Waals surface area contributed by atoms with E-state index in [-0.39, 0.29) is 5.91 Å². The quantitative estimate of drug-likeness (QED) is 0.712. The third kappa shape index (κ3) is 3.40. The fraction of sp³-hybridized carbons (Fsp3) is 0.300. The maximum absolute atomic E-state index is 12.7. The number of benzene rings is 2. The van der Waals surface area contributed by atoms with Crippen molar-refractivity contribution < 1.29 is 4.79 Å². The first-order valence-electron chi connectivity index (χ1n) is 8.76. The molecule has 0 saturated carbocycles. The Hall–Kier alpha value is -2.33. The lowest BCUT2D eigenvalue weighted by molar-refractivity contribution is 0.0761. The van der Waals surface area contributed by atoms with Crippen LogP contribution in [0.4, 0.5) is 0 Å². The van der Waals surface area contributed by atoms with Crippen molar-refractivity contribution in [2.45, 2.75) is 25.7 Å².